The molecule has 0 radical (unpaired) electrons. The lowest BCUT2D eigenvalue weighted by Crippen LogP contribution is -2.40. The van der Waals surface area contributed by atoms with Crippen molar-refractivity contribution in [1.29, 1.82) is 0 Å². The van der Waals surface area contributed by atoms with E-state index in [2.05, 4.69) is 21.7 Å². The smallest absolute Gasteiger partial charge is 0.327 e. The fraction of sp³-hybridized carbons (Fsp3) is 0.360. The van der Waals surface area contributed by atoms with Crippen molar-refractivity contribution in [2.45, 2.75) is 38.4 Å². The van der Waals surface area contributed by atoms with E-state index in [-0.39, 0.29) is 12.5 Å². The van der Waals surface area contributed by atoms with Gasteiger partial charge in [-0.2, -0.15) is 0 Å². The molecule has 2 fully saturated rings. The van der Waals surface area contributed by atoms with E-state index in [0.29, 0.717) is 38.2 Å². The molecule has 2 aliphatic heterocycles. The quantitative estimate of drug-likeness (QED) is 0.567. The summed E-state index contributed by atoms with van der Waals surface area (Å²) >= 11 is 0. The minimum Gasteiger partial charge on any atom is -0.481 e. The van der Waals surface area contributed by atoms with Crippen LogP contribution in [0.1, 0.15) is 29.7 Å². The van der Waals surface area contributed by atoms with Gasteiger partial charge in [-0.25, -0.2) is 9.78 Å². The number of hydrogen-bond donors (Lipinski definition) is 1. The molecule has 1 saturated carbocycles. The second kappa shape index (κ2) is 7.31. The van der Waals surface area contributed by atoms with Crippen LogP contribution in [0, 0.1) is 5.41 Å². The van der Waals surface area contributed by atoms with E-state index < -0.39 is 23.5 Å². The molecule has 4 heterocycles. The van der Waals surface area contributed by atoms with E-state index in [0.717, 1.165) is 32.6 Å². The Kier molecular flexibility index (Phi) is 4.45. The molecule has 9 nitrogen and oxygen atoms in total. The molecule has 9 heteroatoms. The van der Waals surface area contributed by atoms with Crippen LogP contribution >= 0.6 is 0 Å². The molecule has 0 bridgehead atoms. The molecule has 3 amide bonds. The first-order valence-corrected chi connectivity index (χ1v) is 11.4. The van der Waals surface area contributed by atoms with Crippen molar-refractivity contribution in [3.8, 4) is 5.88 Å². The number of hydrogen-bond acceptors (Lipinski definition) is 5. The summed E-state index contributed by atoms with van der Waals surface area (Å²) in [5, 5.41) is 10.6. The summed E-state index contributed by atoms with van der Waals surface area (Å²) in [4.78, 5) is 45.2. The molecule has 1 aliphatic carbocycles. The SMILES string of the molecule is COc1ccc(Cn2c3c(c4ccccc42)CC2C(=O)N(CC4(C(=O)O)CC4)C(=O)N2C3)cn1. The summed E-state index contributed by atoms with van der Waals surface area (Å²) in [5.74, 6) is -0.687. The van der Waals surface area contributed by atoms with E-state index in [1.807, 2.05) is 24.3 Å². The highest BCUT2D eigenvalue weighted by Crippen LogP contribution is 2.48. The van der Waals surface area contributed by atoms with Crippen LogP contribution in [0.5, 0.6) is 5.88 Å². The number of nitrogens with zero attached hydrogens (tertiary/aromatic N) is 4. The number of fused-ring (bicyclic) bond motifs is 4. The zero-order chi connectivity index (χ0) is 23.6. The number of ether oxygens (including phenoxy) is 1. The van der Waals surface area contributed by atoms with Gasteiger partial charge in [0, 0.05) is 48.4 Å². The number of pyridine rings is 1. The number of aromatic nitrogens is 2. The Morgan fingerprint density at radius 1 is 1.21 bits per heavy atom. The normalized spacial score (nSPS) is 20.4. The van der Waals surface area contributed by atoms with Gasteiger partial charge < -0.3 is 19.3 Å². The first kappa shape index (κ1) is 20.7. The summed E-state index contributed by atoms with van der Waals surface area (Å²) in [7, 11) is 1.58. The van der Waals surface area contributed by atoms with Gasteiger partial charge in [0.05, 0.1) is 19.1 Å². The van der Waals surface area contributed by atoms with Gasteiger partial charge in [-0.15, -0.1) is 0 Å². The molecule has 0 spiro atoms. The number of methoxy groups -OCH3 is 1. The van der Waals surface area contributed by atoms with Crippen LogP contribution in [-0.2, 0) is 29.1 Å². The van der Waals surface area contributed by atoms with Gasteiger partial charge in [0.25, 0.3) is 5.91 Å². The van der Waals surface area contributed by atoms with E-state index in [9.17, 15) is 19.5 Å². The zero-order valence-electron chi connectivity index (χ0n) is 18.7. The molecular weight excluding hydrogens is 436 g/mol. The Bertz CT molecular complexity index is 1340. The van der Waals surface area contributed by atoms with Crippen LogP contribution in [0.25, 0.3) is 10.9 Å². The second-order valence-corrected chi connectivity index (χ2v) is 9.38. The predicted octanol–water partition coefficient (Wildman–Crippen LogP) is 2.65. The fourth-order valence-corrected chi connectivity index (χ4v) is 5.29. The van der Waals surface area contributed by atoms with Crippen molar-refractivity contribution in [3.05, 3.63) is 59.4 Å². The van der Waals surface area contributed by atoms with Crippen molar-refractivity contribution >= 4 is 28.8 Å². The average molecular weight is 460 g/mol. The molecule has 174 valence electrons. The van der Waals surface area contributed by atoms with Crippen molar-refractivity contribution in [1.82, 2.24) is 19.4 Å². The van der Waals surface area contributed by atoms with Gasteiger partial charge in [-0.05, 0) is 30.0 Å². The lowest BCUT2D eigenvalue weighted by Gasteiger charge is -2.28. The number of aliphatic carboxylic acids is 1. The van der Waals surface area contributed by atoms with Gasteiger partial charge in [0.15, 0.2) is 0 Å². The lowest BCUT2D eigenvalue weighted by molar-refractivity contribution is -0.144. The molecule has 1 unspecified atom stereocenters. The Hall–Kier alpha value is -3.88. The first-order valence-electron chi connectivity index (χ1n) is 11.4. The first-order chi connectivity index (χ1) is 16.4. The number of benzene rings is 1. The third-order valence-corrected chi connectivity index (χ3v) is 7.43. The van der Waals surface area contributed by atoms with Crippen molar-refractivity contribution < 1.29 is 24.2 Å². The Labute approximate surface area is 195 Å². The molecule has 34 heavy (non-hydrogen) atoms. The fourth-order valence-electron chi connectivity index (χ4n) is 5.29. The molecule has 1 aromatic carbocycles. The summed E-state index contributed by atoms with van der Waals surface area (Å²) in [6.45, 7) is 0.828. The molecule has 1 saturated heterocycles. The number of carbonyl (C=O) groups excluding carboxylic acids is 2. The van der Waals surface area contributed by atoms with Crippen LogP contribution in [0.15, 0.2) is 42.6 Å². The Balaban J connectivity index is 1.36. The highest BCUT2D eigenvalue weighted by molar-refractivity contribution is 6.05. The molecule has 2 aromatic heterocycles. The largest absolute Gasteiger partial charge is 0.481 e. The molecule has 3 aromatic rings. The predicted molar refractivity (Wildman–Crippen MR) is 121 cm³/mol. The van der Waals surface area contributed by atoms with Gasteiger partial charge in [0.2, 0.25) is 5.88 Å². The van der Waals surface area contributed by atoms with Crippen molar-refractivity contribution in [2.24, 2.45) is 5.41 Å². The van der Waals surface area contributed by atoms with E-state index in [1.165, 1.54) is 0 Å². The highest BCUT2D eigenvalue weighted by atomic mass is 16.5. The van der Waals surface area contributed by atoms with Crippen molar-refractivity contribution in [3.63, 3.8) is 0 Å². The van der Waals surface area contributed by atoms with Crippen LogP contribution in [-0.4, -0.2) is 62.1 Å². The van der Waals surface area contributed by atoms with E-state index in [1.54, 1.807) is 18.2 Å². The van der Waals surface area contributed by atoms with Crippen LogP contribution < -0.4 is 4.74 Å². The van der Waals surface area contributed by atoms with Gasteiger partial charge in [0.1, 0.15) is 6.04 Å². The summed E-state index contributed by atoms with van der Waals surface area (Å²) in [6.07, 6.45) is 3.19. The number of carbonyl (C=O) groups is 3. The number of carboxylic acid groups (broad SMARTS) is 1. The van der Waals surface area contributed by atoms with Crippen LogP contribution in [0.3, 0.4) is 0 Å². The maximum atomic E-state index is 13.2. The third kappa shape index (κ3) is 2.99. The monoisotopic (exact) mass is 460 g/mol. The number of rotatable bonds is 6. The summed E-state index contributed by atoms with van der Waals surface area (Å²) in [5.41, 5.74) is 3.13. The van der Waals surface area contributed by atoms with E-state index >= 15 is 0 Å². The molecule has 1 atom stereocenters. The molecule has 1 N–H and O–H groups in total. The molecule has 3 aliphatic rings. The third-order valence-electron chi connectivity index (χ3n) is 7.43. The minimum atomic E-state index is -0.976. The van der Waals surface area contributed by atoms with Gasteiger partial charge in [-0.3, -0.25) is 14.5 Å². The maximum absolute atomic E-state index is 13.2. The van der Waals surface area contributed by atoms with Gasteiger partial charge in [-0.1, -0.05) is 24.3 Å². The Morgan fingerprint density at radius 3 is 2.68 bits per heavy atom. The summed E-state index contributed by atoms with van der Waals surface area (Å²) < 4.78 is 7.35. The number of urea groups is 1. The van der Waals surface area contributed by atoms with Crippen LogP contribution in [0.4, 0.5) is 4.79 Å². The number of para-hydroxylation sites is 1. The number of amides is 3. The highest BCUT2D eigenvalue weighted by Gasteiger charge is 2.57. The van der Waals surface area contributed by atoms with Gasteiger partial charge >= 0.3 is 12.0 Å². The number of imide groups is 1. The van der Waals surface area contributed by atoms with Crippen molar-refractivity contribution in [2.75, 3.05) is 13.7 Å². The lowest BCUT2D eigenvalue weighted by atomic mass is 9.97. The standard InChI is InChI=1S/C25H24N4O5/c1-34-21-7-6-15(11-26-21)12-27-18-5-3-2-4-16(18)17-10-19-22(30)29(14-25(8-9-25)23(31)32)24(33)28(19)13-20(17)27/h2-7,11,19H,8-10,12-14H2,1H3,(H,31,32). The van der Waals surface area contributed by atoms with Crippen LogP contribution in [0.2, 0.25) is 0 Å². The molecular formula is C25H24N4O5. The average Bonchev–Trinajstić information content (AvgIpc) is 3.55. The zero-order valence-corrected chi connectivity index (χ0v) is 18.7. The molecule has 6 rings (SSSR count). The number of carboxylic acids is 1. The van der Waals surface area contributed by atoms with E-state index in [4.69, 9.17) is 4.74 Å². The maximum Gasteiger partial charge on any atom is 0.327 e. The topological polar surface area (TPSA) is 105 Å². The second-order valence-electron chi connectivity index (χ2n) is 9.38. The Morgan fingerprint density at radius 2 is 2.00 bits per heavy atom. The minimum absolute atomic E-state index is 0.0461. The summed E-state index contributed by atoms with van der Waals surface area (Å²) in [6, 6.07) is 10.9.